The number of hydrogen-bond donors (Lipinski definition) is 3. The predicted molar refractivity (Wildman–Crippen MR) is 67.6 cm³/mol. The molecule has 0 saturated carbocycles. The molecule has 0 spiro atoms. The van der Waals surface area contributed by atoms with Gasteiger partial charge in [0.1, 0.15) is 0 Å². The van der Waals surface area contributed by atoms with Crippen LogP contribution in [0.25, 0.3) is 0 Å². The molecule has 0 aliphatic heterocycles. The van der Waals surface area contributed by atoms with Gasteiger partial charge in [0.25, 0.3) is 0 Å². The summed E-state index contributed by atoms with van der Waals surface area (Å²) in [6.45, 7) is 5.52. The van der Waals surface area contributed by atoms with Crippen molar-refractivity contribution in [2.24, 2.45) is 0 Å². The standard InChI is InChI=1S/3C4H8O2.2Rh/c3*1-2-3-4(5)6;;/h3*2-3H2,1H3,(H,5,6);;. The Morgan fingerprint density at radius 3 is 0.750 bits per heavy atom. The summed E-state index contributed by atoms with van der Waals surface area (Å²) < 4.78 is 0. The predicted octanol–water partition coefficient (Wildman–Crippen LogP) is 2.61. The summed E-state index contributed by atoms with van der Waals surface area (Å²) in [4.78, 5) is 28.8. The first-order chi connectivity index (χ1) is 8.31. The molecule has 8 heteroatoms. The van der Waals surface area contributed by atoms with Crippen molar-refractivity contribution in [3.05, 3.63) is 0 Å². The Bertz CT molecular complexity index is 196. The molecule has 126 valence electrons. The summed E-state index contributed by atoms with van der Waals surface area (Å²) >= 11 is 0. The van der Waals surface area contributed by atoms with Crippen molar-refractivity contribution in [1.82, 2.24) is 0 Å². The van der Waals surface area contributed by atoms with E-state index in [1.54, 1.807) is 0 Å². The third-order valence-electron chi connectivity index (χ3n) is 1.39. The third-order valence-corrected chi connectivity index (χ3v) is 1.39. The molecule has 0 aromatic rings. The average molecular weight is 470 g/mol. The quantitative estimate of drug-likeness (QED) is 0.515. The zero-order valence-corrected chi connectivity index (χ0v) is 15.3. The normalized spacial score (nSPS) is 7.35. The van der Waals surface area contributed by atoms with Gasteiger partial charge in [-0.15, -0.1) is 0 Å². The van der Waals surface area contributed by atoms with Gasteiger partial charge < -0.3 is 15.3 Å². The first-order valence-electron chi connectivity index (χ1n) is 5.97. The smallest absolute Gasteiger partial charge is 0.303 e. The molecule has 0 aromatic heterocycles. The minimum absolute atomic E-state index is 0. The zero-order chi connectivity index (χ0) is 15.0. The van der Waals surface area contributed by atoms with Gasteiger partial charge in [-0.2, -0.15) is 0 Å². The minimum atomic E-state index is -0.711. The summed E-state index contributed by atoms with van der Waals surface area (Å²) in [5.74, 6) is -2.13. The maximum absolute atomic E-state index is 9.60. The SMILES string of the molecule is CCCC(=O)O.CCCC(=O)O.CCCC(=O)O.[Rh].[Rh]. The second-order valence-corrected chi connectivity index (χ2v) is 3.43. The van der Waals surface area contributed by atoms with Crippen LogP contribution in [0.1, 0.15) is 59.3 Å². The molecule has 20 heavy (non-hydrogen) atoms. The van der Waals surface area contributed by atoms with Crippen LogP contribution in [0.5, 0.6) is 0 Å². The minimum Gasteiger partial charge on any atom is -0.481 e. The molecular weight excluding hydrogens is 446 g/mol. The van der Waals surface area contributed by atoms with Gasteiger partial charge in [0.2, 0.25) is 0 Å². The van der Waals surface area contributed by atoms with Gasteiger partial charge >= 0.3 is 17.9 Å². The van der Waals surface area contributed by atoms with Gasteiger partial charge in [0.15, 0.2) is 0 Å². The monoisotopic (exact) mass is 470 g/mol. The molecule has 0 heterocycles. The Hall–Kier alpha value is -0.343. The first-order valence-corrected chi connectivity index (χ1v) is 5.97. The summed E-state index contributed by atoms with van der Waals surface area (Å²) in [5.41, 5.74) is 0. The van der Waals surface area contributed by atoms with Crippen LogP contribution in [-0.4, -0.2) is 33.2 Å². The van der Waals surface area contributed by atoms with Crippen LogP contribution < -0.4 is 0 Å². The van der Waals surface area contributed by atoms with E-state index >= 15 is 0 Å². The topological polar surface area (TPSA) is 112 Å². The van der Waals surface area contributed by atoms with E-state index in [4.69, 9.17) is 15.3 Å². The molecule has 3 N–H and O–H groups in total. The van der Waals surface area contributed by atoms with Crippen LogP contribution in [0.4, 0.5) is 0 Å². The van der Waals surface area contributed by atoms with Crippen LogP contribution in [0.2, 0.25) is 0 Å². The van der Waals surface area contributed by atoms with E-state index in [9.17, 15) is 14.4 Å². The molecule has 0 bridgehead atoms. The molecule has 0 aromatic carbocycles. The Kier molecular flexibility index (Phi) is 43.1. The van der Waals surface area contributed by atoms with Crippen molar-refractivity contribution < 1.29 is 68.7 Å². The number of hydrogen-bond acceptors (Lipinski definition) is 3. The van der Waals surface area contributed by atoms with Gasteiger partial charge in [0, 0.05) is 58.2 Å². The Morgan fingerprint density at radius 2 is 0.750 bits per heavy atom. The molecule has 0 aliphatic rings. The molecule has 0 amide bonds. The summed E-state index contributed by atoms with van der Waals surface area (Å²) in [7, 11) is 0. The average Bonchev–Trinajstić information content (AvgIpc) is 2.18. The Balaban J connectivity index is -0.0000000536. The molecule has 0 unspecified atom stereocenters. The fourth-order valence-electron chi connectivity index (χ4n) is 0.642. The summed E-state index contributed by atoms with van der Waals surface area (Å²) in [5, 5.41) is 23.7. The van der Waals surface area contributed by atoms with Crippen LogP contribution >= 0.6 is 0 Å². The molecular formula is C12H24O6Rh2. The fourth-order valence-corrected chi connectivity index (χ4v) is 0.642. The van der Waals surface area contributed by atoms with E-state index < -0.39 is 17.9 Å². The van der Waals surface area contributed by atoms with Crippen molar-refractivity contribution in [2.45, 2.75) is 59.3 Å². The van der Waals surface area contributed by atoms with Crippen LogP contribution in [-0.2, 0) is 53.3 Å². The van der Waals surface area contributed by atoms with E-state index in [0.29, 0.717) is 19.3 Å². The zero-order valence-electron chi connectivity index (χ0n) is 12.0. The molecule has 0 fully saturated rings. The number of carbonyl (C=O) groups is 3. The fraction of sp³-hybridized carbons (Fsp3) is 0.750. The van der Waals surface area contributed by atoms with E-state index in [-0.39, 0.29) is 39.0 Å². The summed E-state index contributed by atoms with van der Waals surface area (Å²) in [6.07, 6.45) is 3.07. The van der Waals surface area contributed by atoms with Crippen molar-refractivity contribution in [2.75, 3.05) is 0 Å². The van der Waals surface area contributed by atoms with Crippen LogP contribution in [0, 0.1) is 0 Å². The second kappa shape index (κ2) is 27.1. The maximum atomic E-state index is 9.60. The van der Waals surface area contributed by atoms with Gasteiger partial charge in [-0.1, -0.05) is 20.8 Å². The molecule has 0 saturated heterocycles. The van der Waals surface area contributed by atoms with Crippen molar-refractivity contribution >= 4 is 17.9 Å². The van der Waals surface area contributed by atoms with E-state index in [1.165, 1.54) is 0 Å². The Morgan fingerprint density at radius 1 is 0.600 bits per heavy atom. The number of carboxylic acid groups (broad SMARTS) is 3. The van der Waals surface area contributed by atoms with E-state index in [1.807, 2.05) is 20.8 Å². The number of rotatable bonds is 6. The molecule has 0 aliphatic carbocycles. The second-order valence-electron chi connectivity index (χ2n) is 3.43. The van der Waals surface area contributed by atoms with Crippen LogP contribution in [0.3, 0.4) is 0 Å². The van der Waals surface area contributed by atoms with Gasteiger partial charge in [-0.3, -0.25) is 14.4 Å². The molecule has 0 rings (SSSR count). The van der Waals surface area contributed by atoms with E-state index in [0.717, 1.165) is 19.3 Å². The van der Waals surface area contributed by atoms with Crippen molar-refractivity contribution in [3.8, 4) is 0 Å². The molecule has 0 atom stereocenters. The number of carboxylic acids is 3. The van der Waals surface area contributed by atoms with Crippen molar-refractivity contribution in [3.63, 3.8) is 0 Å². The summed E-state index contributed by atoms with van der Waals surface area (Å²) in [6, 6.07) is 0. The van der Waals surface area contributed by atoms with Gasteiger partial charge in [-0.25, -0.2) is 0 Å². The van der Waals surface area contributed by atoms with Gasteiger partial charge in [-0.05, 0) is 19.3 Å². The molecule has 6 nitrogen and oxygen atoms in total. The number of aliphatic carboxylic acids is 3. The Labute approximate surface area is 145 Å². The van der Waals surface area contributed by atoms with E-state index in [2.05, 4.69) is 0 Å². The third kappa shape index (κ3) is 65.4. The molecule has 2 radical (unpaired) electrons. The maximum Gasteiger partial charge on any atom is 0.303 e. The van der Waals surface area contributed by atoms with Crippen LogP contribution in [0.15, 0.2) is 0 Å². The first kappa shape index (κ1) is 31.8. The van der Waals surface area contributed by atoms with Crippen molar-refractivity contribution in [1.29, 1.82) is 0 Å². The van der Waals surface area contributed by atoms with Gasteiger partial charge in [0.05, 0.1) is 0 Å². The largest absolute Gasteiger partial charge is 0.481 e.